The van der Waals surface area contributed by atoms with Crippen molar-refractivity contribution in [2.45, 2.75) is 32.9 Å². The van der Waals surface area contributed by atoms with Crippen LogP contribution >= 0.6 is 0 Å². The minimum absolute atomic E-state index is 0.0193. The van der Waals surface area contributed by atoms with Crippen LogP contribution in [0.4, 0.5) is 5.69 Å². The van der Waals surface area contributed by atoms with Crippen molar-refractivity contribution in [1.82, 2.24) is 9.78 Å². The van der Waals surface area contributed by atoms with E-state index in [0.717, 1.165) is 22.6 Å². The number of hydrogen-bond acceptors (Lipinski definition) is 4. The van der Waals surface area contributed by atoms with E-state index in [-0.39, 0.29) is 17.5 Å². The molecule has 118 valence electrons. The van der Waals surface area contributed by atoms with Crippen LogP contribution in [0.2, 0.25) is 0 Å². The first kappa shape index (κ1) is 15.1. The van der Waals surface area contributed by atoms with Gasteiger partial charge in [0.1, 0.15) is 0 Å². The topological polar surface area (TPSA) is 64.0 Å². The van der Waals surface area contributed by atoms with Crippen molar-refractivity contribution in [3.05, 3.63) is 47.3 Å². The molecule has 22 heavy (non-hydrogen) atoms. The maximum Gasteiger partial charge on any atom is 0.152 e. The van der Waals surface area contributed by atoms with Crippen LogP contribution < -0.4 is 5.32 Å². The van der Waals surface area contributed by atoms with E-state index in [1.165, 1.54) is 0 Å². The van der Waals surface area contributed by atoms with E-state index in [2.05, 4.69) is 10.4 Å². The van der Waals surface area contributed by atoms with Crippen molar-refractivity contribution >= 4 is 15.5 Å². The van der Waals surface area contributed by atoms with Crippen molar-refractivity contribution in [1.29, 1.82) is 0 Å². The Kier molecular flexibility index (Phi) is 3.95. The fourth-order valence-corrected chi connectivity index (χ4v) is 4.72. The number of sulfone groups is 1. The van der Waals surface area contributed by atoms with Crippen molar-refractivity contribution in [3.8, 4) is 0 Å². The van der Waals surface area contributed by atoms with E-state index < -0.39 is 9.84 Å². The first-order chi connectivity index (χ1) is 10.5. The summed E-state index contributed by atoms with van der Waals surface area (Å²) in [6, 6.07) is 10.0. The van der Waals surface area contributed by atoms with E-state index in [0.29, 0.717) is 13.0 Å². The van der Waals surface area contributed by atoms with Gasteiger partial charge in [-0.3, -0.25) is 4.68 Å². The SMILES string of the molecule is Cc1nn(C2CCS(=O)(=O)C2)c(C)c1CNc1ccccc1. The lowest BCUT2D eigenvalue weighted by Gasteiger charge is -2.12. The van der Waals surface area contributed by atoms with E-state index in [4.69, 9.17) is 0 Å². The summed E-state index contributed by atoms with van der Waals surface area (Å²) in [4.78, 5) is 0. The van der Waals surface area contributed by atoms with Crippen LogP contribution in [0, 0.1) is 13.8 Å². The number of nitrogens with one attached hydrogen (secondary N) is 1. The number of para-hydroxylation sites is 1. The molecule has 1 aromatic heterocycles. The molecule has 1 aromatic carbocycles. The highest BCUT2D eigenvalue weighted by Gasteiger charge is 2.31. The molecule has 0 spiro atoms. The molecule has 1 N–H and O–H groups in total. The van der Waals surface area contributed by atoms with E-state index in [1.54, 1.807) is 0 Å². The van der Waals surface area contributed by atoms with Crippen molar-refractivity contribution < 1.29 is 8.42 Å². The number of aryl methyl sites for hydroxylation is 1. The van der Waals surface area contributed by atoms with Crippen molar-refractivity contribution in [2.75, 3.05) is 16.8 Å². The van der Waals surface area contributed by atoms with Gasteiger partial charge in [-0.2, -0.15) is 5.10 Å². The Bertz CT molecular complexity index is 766. The van der Waals surface area contributed by atoms with E-state index in [9.17, 15) is 8.42 Å². The molecule has 3 rings (SSSR count). The molecular formula is C16H21N3O2S. The number of aromatic nitrogens is 2. The predicted molar refractivity (Wildman–Crippen MR) is 87.8 cm³/mol. The van der Waals surface area contributed by atoms with Gasteiger partial charge >= 0.3 is 0 Å². The minimum atomic E-state index is -2.90. The lowest BCUT2D eigenvalue weighted by atomic mass is 10.2. The van der Waals surface area contributed by atoms with Gasteiger partial charge in [-0.25, -0.2) is 8.42 Å². The van der Waals surface area contributed by atoms with E-state index >= 15 is 0 Å². The zero-order valence-electron chi connectivity index (χ0n) is 12.9. The molecule has 0 saturated carbocycles. The second-order valence-corrected chi connectivity index (χ2v) is 8.10. The Hall–Kier alpha value is -1.82. The molecule has 1 saturated heterocycles. The molecule has 1 fully saturated rings. The molecule has 6 heteroatoms. The molecule has 2 heterocycles. The Morgan fingerprint density at radius 1 is 1.27 bits per heavy atom. The summed E-state index contributed by atoms with van der Waals surface area (Å²) >= 11 is 0. The summed E-state index contributed by atoms with van der Waals surface area (Å²) in [6.45, 7) is 4.70. The monoisotopic (exact) mass is 319 g/mol. The Labute approximate surface area is 131 Å². The van der Waals surface area contributed by atoms with Crippen LogP contribution in [0.25, 0.3) is 0 Å². The van der Waals surface area contributed by atoms with Crippen molar-refractivity contribution in [2.24, 2.45) is 0 Å². The first-order valence-electron chi connectivity index (χ1n) is 7.50. The molecule has 0 bridgehead atoms. The summed E-state index contributed by atoms with van der Waals surface area (Å²) in [5.74, 6) is 0.480. The second kappa shape index (κ2) is 5.76. The van der Waals surface area contributed by atoms with Crippen LogP contribution in [-0.2, 0) is 16.4 Å². The van der Waals surface area contributed by atoms with Gasteiger partial charge in [-0.05, 0) is 32.4 Å². The molecule has 0 radical (unpaired) electrons. The molecule has 1 aliphatic rings. The molecular weight excluding hydrogens is 298 g/mol. The average Bonchev–Trinajstić information content (AvgIpc) is 2.98. The Morgan fingerprint density at radius 2 is 2.00 bits per heavy atom. The molecule has 1 atom stereocenters. The summed E-state index contributed by atoms with van der Waals surface area (Å²) in [5.41, 5.74) is 4.24. The maximum atomic E-state index is 11.7. The summed E-state index contributed by atoms with van der Waals surface area (Å²) in [6.07, 6.45) is 0.663. The maximum absolute atomic E-state index is 11.7. The van der Waals surface area contributed by atoms with Gasteiger partial charge in [0.15, 0.2) is 9.84 Å². The Morgan fingerprint density at radius 3 is 2.64 bits per heavy atom. The quantitative estimate of drug-likeness (QED) is 0.940. The third-order valence-corrected chi connectivity index (χ3v) is 6.02. The van der Waals surface area contributed by atoms with Crippen LogP contribution in [-0.4, -0.2) is 29.7 Å². The smallest absolute Gasteiger partial charge is 0.152 e. The second-order valence-electron chi connectivity index (χ2n) is 5.87. The number of benzene rings is 1. The summed E-state index contributed by atoms with van der Waals surface area (Å²) in [5, 5.41) is 7.97. The zero-order chi connectivity index (χ0) is 15.7. The molecule has 5 nitrogen and oxygen atoms in total. The lowest BCUT2D eigenvalue weighted by molar-refractivity contribution is 0.485. The molecule has 1 unspecified atom stereocenters. The highest BCUT2D eigenvalue weighted by atomic mass is 32.2. The van der Waals surface area contributed by atoms with Gasteiger partial charge < -0.3 is 5.32 Å². The molecule has 0 amide bonds. The van der Waals surface area contributed by atoms with Gasteiger partial charge in [0.05, 0.1) is 23.2 Å². The van der Waals surface area contributed by atoms with Gasteiger partial charge in [-0.1, -0.05) is 18.2 Å². The van der Waals surface area contributed by atoms with Gasteiger partial charge in [0.2, 0.25) is 0 Å². The molecule has 1 aliphatic heterocycles. The van der Waals surface area contributed by atoms with Crippen molar-refractivity contribution in [3.63, 3.8) is 0 Å². The third-order valence-electron chi connectivity index (χ3n) is 4.27. The Balaban J connectivity index is 1.79. The first-order valence-corrected chi connectivity index (χ1v) is 9.32. The summed E-state index contributed by atoms with van der Waals surface area (Å²) in [7, 11) is -2.90. The predicted octanol–water partition coefficient (Wildman–Crippen LogP) is 2.47. The van der Waals surface area contributed by atoms with Crippen LogP contribution in [0.5, 0.6) is 0 Å². The van der Waals surface area contributed by atoms with Crippen LogP contribution in [0.1, 0.15) is 29.4 Å². The third kappa shape index (κ3) is 3.02. The molecule has 0 aliphatic carbocycles. The number of anilines is 1. The zero-order valence-corrected chi connectivity index (χ0v) is 13.7. The fourth-order valence-electron chi connectivity index (χ4n) is 3.02. The highest BCUT2D eigenvalue weighted by Crippen LogP contribution is 2.27. The molecule has 2 aromatic rings. The highest BCUT2D eigenvalue weighted by molar-refractivity contribution is 7.91. The van der Waals surface area contributed by atoms with Gasteiger partial charge in [-0.15, -0.1) is 0 Å². The van der Waals surface area contributed by atoms with Gasteiger partial charge in [0, 0.05) is 23.5 Å². The van der Waals surface area contributed by atoms with E-state index in [1.807, 2.05) is 48.9 Å². The largest absolute Gasteiger partial charge is 0.381 e. The summed E-state index contributed by atoms with van der Waals surface area (Å²) < 4.78 is 25.3. The van der Waals surface area contributed by atoms with Gasteiger partial charge in [0.25, 0.3) is 0 Å². The van der Waals surface area contributed by atoms with Crippen LogP contribution in [0.3, 0.4) is 0 Å². The lowest BCUT2D eigenvalue weighted by Crippen LogP contribution is -2.14. The number of rotatable bonds is 4. The average molecular weight is 319 g/mol. The minimum Gasteiger partial charge on any atom is -0.381 e. The number of hydrogen-bond donors (Lipinski definition) is 1. The normalized spacial score (nSPS) is 20.2. The van der Waals surface area contributed by atoms with Crippen LogP contribution in [0.15, 0.2) is 30.3 Å². The number of nitrogens with zero attached hydrogens (tertiary/aromatic N) is 2. The fraction of sp³-hybridized carbons (Fsp3) is 0.438. The standard InChI is InChI=1S/C16H21N3O2S/c1-12-16(10-17-14-6-4-3-5-7-14)13(2)19(18-12)15-8-9-22(20,21)11-15/h3-7,15,17H,8-11H2,1-2H3.